The molecular weight excluding hydrogens is 218 g/mol. The molecule has 2 aromatic rings. The second-order valence-corrected chi connectivity index (χ2v) is 4.57. The van der Waals surface area contributed by atoms with Gasteiger partial charge in [-0.2, -0.15) is 5.10 Å². The van der Waals surface area contributed by atoms with Crippen LogP contribution in [-0.2, 0) is 13.6 Å². The number of fused-ring (bicyclic) bond motifs is 1. The Labute approximate surface area is 98.3 Å². The summed E-state index contributed by atoms with van der Waals surface area (Å²) < 4.78 is 3.32. The third-order valence-corrected chi connectivity index (χ3v) is 3.34. The molecule has 0 aromatic carbocycles. The minimum atomic E-state index is 0.00926. The lowest BCUT2D eigenvalue weighted by Gasteiger charge is -2.10. The number of rotatable bonds is 2. The summed E-state index contributed by atoms with van der Waals surface area (Å²) in [5.74, 6) is 0.531. The molecule has 0 saturated carbocycles. The monoisotopic (exact) mass is 233 g/mol. The first kappa shape index (κ1) is 10.5. The molecule has 17 heavy (non-hydrogen) atoms. The van der Waals surface area contributed by atoms with E-state index in [0.29, 0.717) is 17.0 Å². The van der Waals surface area contributed by atoms with E-state index in [2.05, 4.69) is 15.4 Å². The van der Waals surface area contributed by atoms with Gasteiger partial charge in [-0.3, -0.25) is 14.0 Å². The summed E-state index contributed by atoms with van der Waals surface area (Å²) >= 11 is 0. The smallest absolute Gasteiger partial charge is 0.264 e. The molecule has 0 aliphatic carbocycles. The predicted molar refractivity (Wildman–Crippen MR) is 63.7 cm³/mol. The molecule has 3 heterocycles. The lowest BCUT2D eigenvalue weighted by molar-refractivity contribution is 0.470. The number of aryl methyl sites for hydroxylation is 1. The Hall–Kier alpha value is -1.69. The average molecular weight is 233 g/mol. The molecule has 1 saturated heterocycles. The van der Waals surface area contributed by atoms with Gasteiger partial charge in [-0.15, -0.1) is 0 Å². The SMILES string of the molecule is Cn1ncc2c(=O)n(CC3CCNC3)cnc21. The van der Waals surface area contributed by atoms with E-state index in [9.17, 15) is 4.79 Å². The molecule has 0 radical (unpaired) electrons. The fourth-order valence-electron chi connectivity index (χ4n) is 2.35. The van der Waals surface area contributed by atoms with Crippen LogP contribution in [0, 0.1) is 5.92 Å². The molecule has 2 aromatic heterocycles. The lowest BCUT2D eigenvalue weighted by atomic mass is 10.1. The van der Waals surface area contributed by atoms with Crippen molar-refractivity contribution in [3.05, 3.63) is 22.9 Å². The van der Waals surface area contributed by atoms with Crippen molar-refractivity contribution in [1.82, 2.24) is 24.6 Å². The molecule has 90 valence electrons. The van der Waals surface area contributed by atoms with Gasteiger partial charge in [-0.1, -0.05) is 0 Å². The molecule has 3 rings (SSSR count). The van der Waals surface area contributed by atoms with Crippen LogP contribution < -0.4 is 10.9 Å². The van der Waals surface area contributed by atoms with Gasteiger partial charge in [0.1, 0.15) is 5.39 Å². The third-order valence-electron chi connectivity index (χ3n) is 3.34. The molecule has 1 unspecified atom stereocenters. The summed E-state index contributed by atoms with van der Waals surface area (Å²) in [4.78, 5) is 16.5. The molecule has 0 bridgehead atoms. The zero-order chi connectivity index (χ0) is 11.8. The van der Waals surface area contributed by atoms with E-state index in [1.54, 1.807) is 28.8 Å². The van der Waals surface area contributed by atoms with E-state index in [4.69, 9.17) is 0 Å². The summed E-state index contributed by atoms with van der Waals surface area (Å²) in [6.45, 7) is 2.77. The number of hydrogen-bond donors (Lipinski definition) is 1. The Bertz CT molecular complexity index is 593. The van der Waals surface area contributed by atoms with Gasteiger partial charge in [0, 0.05) is 13.6 Å². The topological polar surface area (TPSA) is 64.7 Å². The second kappa shape index (κ2) is 3.96. The van der Waals surface area contributed by atoms with Crippen LogP contribution in [0.2, 0.25) is 0 Å². The molecule has 0 amide bonds. The van der Waals surface area contributed by atoms with E-state index >= 15 is 0 Å². The zero-order valence-electron chi connectivity index (χ0n) is 9.76. The van der Waals surface area contributed by atoms with Crippen LogP contribution in [0.4, 0.5) is 0 Å². The molecule has 1 fully saturated rings. The van der Waals surface area contributed by atoms with Crippen LogP contribution in [0.5, 0.6) is 0 Å². The fourth-order valence-corrected chi connectivity index (χ4v) is 2.35. The molecule has 1 atom stereocenters. The minimum absolute atomic E-state index is 0.00926. The third kappa shape index (κ3) is 1.74. The minimum Gasteiger partial charge on any atom is -0.316 e. The van der Waals surface area contributed by atoms with Crippen molar-refractivity contribution in [3.63, 3.8) is 0 Å². The zero-order valence-corrected chi connectivity index (χ0v) is 9.76. The lowest BCUT2D eigenvalue weighted by Crippen LogP contribution is -2.25. The highest BCUT2D eigenvalue weighted by Crippen LogP contribution is 2.10. The summed E-state index contributed by atoms with van der Waals surface area (Å²) in [5.41, 5.74) is 0.658. The van der Waals surface area contributed by atoms with Crippen molar-refractivity contribution in [2.24, 2.45) is 13.0 Å². The maximum atomic E-state index is 12.2. The predicted octanol–water partition coefficient (Wildman–Crippen LogP) is -0.260. The van der Waals surface area contributed by atoms with Gasteiger partial charge >= 0.3 is 0 Å². The number of nitrogens with zero attached hydrogens (tertiary/aromatic N) is 4. The molecule has 6 heteroatoms. The van der Waals surface area contributed by atoms with Gasteiger partial charge < -0.3 is 5.32 Å². The van der Waals surface area contributed by atoms with Crippen LogP contribution in [0.3, 0.4) is 0 Å². The summed E-state index contributed by atoms with van der Waals surface area (Å²) in [7, 11) is 1.79. The maximum Gasteiger partial charge on any atom is 0.264 e. The molecule has 0 spiro atoms. The van der Waals surface area contributed by atoms with Crippen LogP contribution in [-0.4, -0.2) is 32.4 Å². The molecular formula is C11H15N5O. The van der Waals surface area contributed by atoms with Crippen molar-refractivity contribution in [1.29, 1.82) is 0 Å². The first-order chi connectivity index (χ1) is 8.25. The summed E-state index contributed by atoms with van der Waals surface area (Å²) in [6.07, 6.45) is 4.34. The first-order valence-corrected chi connectivity index (χ1v) is 5.83. The Balaban J connectivity index is 1.99. The molecule has 6 nitrogen and oxygen atoms in total. The molecule has 1 aliphatic rings. The van der Waals surface area contributed by atoms with Gasteiger partial charge in [0.25, 0.3) is 5.56 Å². The quantitative estimate of drug-likeness (QED) is 0.776. The Morgan fingerprint density at radius 3 is 3.24 bits per heavy atom. The van der Waals surface area contributed by atoms with Gasteiger partial charge in [-0.05, 0) is 25.4 Å². The van der Waals surface area contributed by atoms with Crippen molar-refractivity contribution in [3.8, 4) is 0 Å². The first-order valence-electron chi connectivity index (χ1n) is 5.83. The van der Waals surface area contributed by atoms with Crippen molar-refractivity contribution in [2.75, 3.05) is 13.1 Å². The van der Waals surface area contributed by atoms with Crippen LogP contribution in [0.1, 0.15) is 6.42 Å². The molecule has 1 N–H and O–H groups in total. The van der Waals surface area contributed by atoms with Crippen LogP contribution in [0.15, 0.2) is 17.3 Å². The highest BCUT2D eigenvalue weighted by Gasteiger charge is 2.16. The van der Waals surface area contributed by atoms with Gasteiger partial charge in [0.15, 0.2) is 5.65 Å². The van der Waals surface area contributed by atoms with Crippen molar-refractivity contribution in [2.45, 2.75) is 13.0 Å². The van der Waals surface area contributed by atoms with E-state index in [1.807, 2.05) is 0 Å². The number of nitrogens with one attached hydrogen (secondary N) is 1. The van der Waals surface area contributed by atoms with Crippen molar-refractivity contribution >= 4 is 11.0 Å². The van der Waals surface area contributed by atoms with Crippen molar-refractivity contribution < 1.29 is 0 Å². The maximum absolute atomic E-state index is 12.2. The van der Waals surface area contributed by atoms with E-state index in [1.165, 1.54) is 0 Å². The second-order valence-electron chi connectivity index (χ2n) is 4.57. The number of aromatic nitrogens is 4. The standard InChI is InChI=1S/C11H15N5O/c1-15-10-9(5-14-15)11(17)16(7-13-10)6-8-2-3-12-4-8/h5,7-8,12H,2-4,6H2,1H3. The summed E-state index contributed by atoms with van der Waals surface area (Å²) in [6, 6.07) is 0. The average Bonchev–Trinajstić information content (AvgIpc) is 2.93. The Morgan fingerprint density at radius 2 is 2.47 bits per heavy atom. The van der Waals surface area contributed by atoms with Gasteiger partial charge in [0.05, 0.1) is 12.5 Å². The summed E-state index contributed by atoms with van der Waals surface area (Å²) in [5, 5.41) is 7.96. The van der Waals surface area contributed by atoms with Crippen LogP contribution in [0.25, 0.3) is 11.0 Å². The highest BCUT2D eigenvalue weighted by atomic mass is 16.1. The fraction of sp³-hybridized carbons (Fsp3) is 0.545. The largest absolute Gasteiger partial charge is 0.316 e. The molecule has 1 aliphatic heterocycles. The van der Waals surface area contributed by atoms with Gasteiger partial charge in [0.2, 0.25) is 0 Å². The Kier molecular flexibility index (Phi) is 2.44. The Morgan fingerprint density at radius 1 is 1.59 bits per heavy atom. The van der Waals surface area contributed by atoms with Gasteiger partial charge in [-0.25, -0.2) is 4.98 Å². The van der Waals surface area contributed by atoms with E-state index < -0.39 is 0 Å². The normalized spacial score (nSPS) is 20.2. The number of hydrogen-bond acceptors (Lipinski definition) is 4. The van der Waals surface area contributed by atoms with E-state index in [-0.39, 0.29) is 5.56 Å². The van der Waals surface area contributed by atoms with E-state index in [0.717, 1.165) is 26.1 Å². The highest BCUT2D eigenvalue weighted by molar-refractivity contribution is 5.72. The van der Waals surface area contributed by atoms with Crippen LogP contribution >= 0.6 is 0 Å².